The van der Waals surface area contributed by atoms with Crippen LogP contribution in [0.4, 0.5) is 5.82 Å². The van der Waals surface area contributed by atoms with Crippen molar-refractivity contribution in [2.75, 3.05) is 50.8 Å². The molecule has 6 nitrogen and oxygen atoms in total. The summed E-state index contributed by atoms with van der Waals surface area (Å²) in [5.74, 6) is 0.935. The lowest BCUT2D eigenvalue weighted by atomic mass is 10.0. The van der Waals surface area contributed by atoms with Gasteiger partial charge in [0.25, 0.3) is 0 Å². The summed E-state index contributed by atoms with van der Waals surface area (Å²) < 4.78 is 5.49. The molecule has 1 atom stereocenters. The van der Waals surface area contributed by atoms with E-state index in [1.54, 1.807) is 6.07 Å². The maximum atomic E-state index is 6.12. The molecule has 2 saturated heterocycles. The van der Waals surface area contributed by atoms with Crippen molar-refractivity contribution in [1.82, 2.24) is 20.4 Å². The van der Waals surface area contributed by atoms with Crippen molar-refractivity contribution in [3.8, 4) is 11.3 Å². The first kappa shape index (κ1) is 22.7. The van der Waals surface area contributed by atoms with Crippen LogP contribution in [0.3, 0.4) is 0 Å². The fourth-order valence-electron chi connectivity index (χ4n) is 4.42. The van der Waals surface area contributed by atoms with Gasteiger partial charge in [-0.3, -0.25) is 4.90 Å². The highest BCUT2D eigenvalue weighted by Crippen LogP contribution is 2.28. The molecule has 0 radical (unpaired) electrons. The van der Waals surface area contributed by atoms with Crippen LogP contribution in [-0.2, 0) is 4.74 Å². The molecule has 4 rings (SSSR count). The lowest BCUT2D eigenvalue weighted by Gasteiger charge is -2.34. The van der Waals surface area contributed by atoms with Crippen LogP contribution in [0.5, 0.6) is 0 Å². The minimum absolute atomic E-state index is 0.527. The fraction of sp³-hybridized carbons (Fsp3) is 0.565. The van der Waals surface area contributed by atoms with Gasteiger partial charge in [0, 0.05) is 50.4 Å². The van der Waals surface area contributed by atoms with Crippen molar-refractivity contribution in [3.63, 3.8) is 0 Å². The number of nitrogens with zero attached hydrogens (tertiary/aromatic N) is 4. The Labute approximate surface area is 194 Å². The minimum Gasteiger partial charge on any atom is -0.380 e. The zero-order valence-corrected chi connectivity index (χ0v) is 19.6. The lowest BCUT2D eigenvalue weighted by Crippen LogP contribution is -2.47. The van der Waals surface area contributed by atoms with E-state index in [-0.39, 0.29) is 0 Å². The molecule has 2 aliphatic heterocycles. The van der Waals surface area contributed by atoms with Gasteiger partial charge in [-0.2, -0.15) is 0 Å². The number of nitrogens with one attached hydrogen (secondary N) is 1. The molecule has 0 saturated carbocycles. The van der Waals surface area contributed by atoms with E-state index in [1.807, 2.05) is 24.3 Å². The summed E-state index contributed by atoms with van der Waals surface area (Å²) in [6.07, 6.45) is 3.49. The first-order valence-electron chi connectivity index (χ1n) is 11.2. The number of likely N-dealkylation sites (tertiary alicyclic amines) is 1. The van der Waals surface area contributed by atoms with Crippen molar-refractivity contribution in [2.45, 2.75) is 38.3 Å². The Hall–Kier alpha value is -1.44. The zero-order valence-electron chi connectivity index (χ0n) is 18.1. The Kier molecular flexibility index (Phi) is 8.02. The molecule has 2 aromatic rings. The second-order valence-corrected chi connectivity index (χ2v) is 9.13. The van der Waals surface area contributed by atoms with Crippen molar-refractivity contribution >= 4 is 29.0 Å². The number of ether oxygens (including phenoxy) is 1. The molecule has 1 N–H and O–H groups in total. The van der Waals surface area contributed by atoms with Gasteiger partial charge in [-0.25, -0.2) is 0 Å². The van der Waals surface area contributed by atoms with Crippen molar-refractivity contribution < 1.29 is 4.74 Å². The van der Waals surface area contributed by atoms with Crippen LogP contribution in [0.25, 0.3) is 11.3 Å². The number of rotatable bonds is 8. The van der Waals surface area contributed by atoms with Crippen LogP contribution in [0.1, 0.15) is 26.2 Å². The fourth-order valence-corrected chi connectivity index (χ4v) is 4.72. The summed E-state index contributed by atoms with van der Waals surface area (Å²) in [5.41, 5.74) is 1.72. The number of hydrogen-bond acceptors (Lipinski definition) is 6. The topological polar surface area (TPSA) is 53.5 Å². The summed E-state index contributed by atoms with van der Waals surface area (Å²) in [4.78, 5) is 4.83. The van der Waals surface area contributed by atoms with Crippen molar-refractivity contribution in [2.24, 2.45) is 0 Å². The normalized spacial score (nSPS) is 20.5. The third kappa shape index (κ3) is 6.08. The van der Waals surface area contributed by atoms with Crippen LogP contribution in [0.2, 0.25) is 10.0 Å². The zero-order chi connectivity index (χ0) is 21.6. The van der Waals surface area contributed by atoms with Gasteiger partial charge in [0.05, 0.1) is 22.3 Å². The molecule has 0 aliphatic carbocycles. The van der Waals surface area contributed by atoms with E-state index in [0.29, 0.717) is 22.1 Å². The molecular formula is C23H31Cl2N5O. The average Bonchev–Trinajstić information content (AvgIpc) is 3.24. The molecule has 2 aliphatic rings. The molecule has 0 amide bonds. The second-order valence-electron chi connectivity index (χ2n) is 8.32. The Morgan fingerprint density at radius 3 is 2.52 bits per heavy atom. The second kappa shape index (κ2) is 10.9. The van der Waals surface area contributed by atoms with E-state index in [4.69, 9.17) is 27.9 Å². The third-order valence-electron chi connectivity index (χ3n) is 6.18. The molecule has 0 unspecified atom stereocenters. The third-order valence-corrected chi connectivity index (χ3v) is 6.92. The van der Waals surface area contributed by atoms with E-state index in [9.17, 15) is 0 Å². The van der Waals surface area contributed by atoms with Gasteiger partial charge in [0.15, 0.2) is 5.82 Å². The van der Waals surface area contributed by atoms with E-state index in [2.05, 4.69) is 32.2 Å². The molecule has 2 fully saturated rings. The Bertz CT molecular complexity index is 842. The van der Waals surface area contributed by atoms with Crippen LogP contribution in [0.15, 0.2) is 30.3 Å². The number of hydrogen-bond donors (Lipinski definition) is 1. The summed E-state index contributed by atoms with van der Waals surface area (Å²) in [7, 11) is 0. The van der Waals surface area contributed by atoms with Gasteiger partial charge in [0.2, 0.25) is 0 Å². The SMILES string of the molecule is CCOCCN1CC[C@H](NC2CCN(c3ccc(-c4ccc(Cl)c(Cl)c4)nn3)CC2)C1. The van der Waals surface area contributed by atoms with Crippen LogP contribution < -0.4 is 10.2 Å². The van der Waals surface area contributed by atoms with Crippen LogP contribution in [-0.4, -0.2) is 73.1 Å². The number of aromatic nitrogens is 2. The van der Waals surface area contributed by atoms with Gasteiger partial charge in [-0.05, 0) is 57.0 Å². The monoisotopic (exact) mass is 463 g/mol. The van der Waals surface area contributed by atoms with E-state index in [0.717, 1.165) is 69.3 Å². The van der Waals surface area contributed by atoms with Crippen LogP contribution in [0, 0.1) is 0 Å². The molecule has 168 valence electrons. The van der Waals surface area contributed by atoms with E-state index < -0.39 is 0 Å². The lowest BCUT2D eigenvalue weighted by molar-refractivity contribution is 0.121. The van der Waals surface area contributed by atoms with Gasteiger partial charge >= 0.3 is 0 Å². The predicted octanol–water partition coefficient (Wildman–Crippen LogP) is 4.12. The molecule has 0 bridgehead atoms. The van der Waals surface area contributed by atoms with Crippen molar-refractivity contribution in [3.05, 3.63) is 40.4 Å². The standard InChI is InChI=1S/C23H31Cl2N5O/c1-2-31-14-13-29-10-7-19(16-29)26-18-8-11-30(12-9-18)23-6-5-22(27-28-23)17-3-4-20(24)21(25)15-17/h3-6,15,18-19,26H,2,7-14,16H2,1H3/t19-/m0/s1. The molecule has 31 heavy (non-hydrogen) atoms. The predicted molar refractivity (Wildman–Crippen MR) is 127 cm³/mol. The molecule has 3 heterocycles. The molecule has 0 spiro atoms. The first-order chi connectivity index (χ1) is 15.1. The largest absolute Gasteiger partial charge is 0.380 e. The van der Waals surface area contributed by atoms with Gasteiger partial charge in [0.1, 0.15) is 0 Å². The summed E-state index contributed by atoms with van der Waals surface area (Å²) in [6.45, 7) is 9.04. The quantitative estimate of drug-likeness (QED) is 0.594. The highest BCUT2D eigenvalue weighted by molar-refractivity contribution is 6.42. The van der Waals surface area contributed by atoms with Gasteiger partial charge in [-0.15, -0.1) is 10.2 Å². The molecule has 1 aromatic heterocycles. The van der Waals surface area contributed by atoms with Gasteiger partial charge < -0.3 is 15.0 Å². The highest BCUT2D eigenvalue weighted by atomic mass is 35.5. The minimum atomic E-state index is 0.527. The Morgan fingerprint density at radius 2 is 1.81 bits per heavy atom. The number of piperidine rings is 1. The van der Waals surface area contributed by atoms with E-state index in [1.165, 1.54) is 13.0 Å². The smallest absolute Gasteiger partial charge is 0.151 e. The maximum absolute atomic E-state index is 6.12. The Balaban J connectivity index is 1.24. The Morgan fingerprint density at radius 1 is 1.00 bits per heavy atom. The van der Waals surface area contributed by atoms with Crippen molar-refractivity contribution in [1.29, 1.82) is 0 Å². The molecule has 1 aromatic carbocycles. The molecule has 8 heteroatoms. The molecular weight excluding hydrogens is 433 g/mol. The summed E-state index contributed by atoms with van der Waals surface area (Å²) in [6, 6.07) is 10.8. The summed E-state index contributed by atoms with van der Waals surface area (Å²) >= 11 is 12.1. The highest BCUT2D eigenvalue weighted by Gasteiger charge is 2.27. The average molecular weight is 464 g/mol. The maximum Gasteiger partial charge on any atom is 0.151 e. The number of anilines is 1. The van der Waals surface area contributed by atoms with E-state index >= 15 is 0 Å². The summed E-state index contributed by atoms with van der Waals surface area (Å²) in [5, 5.41) is 13.8. The number of halogens is 2. The van der Waals surface area contributed by atoms with Crippen LogP contribution >= 0.6 is 23.2 Å². The van der Waals surface area contributed by atoms with Gasteiger partial charge in [-0.1, -0.05) is 29.3 Å². The first-order valence-corrected chi connectivity index (χ1v) is 12.0. The number of benzene rings is 1.